The summed E-state index contributed by atoms with van der Waals surface area (Å²) in [5, 5.41) is 4.51. The molecule has 1 heterocycles. The van der Waals surface area contributed by atoms with Crippen LogP contribution >= 0.6 is 12.2 Å². The van der Waals surface area contributed by atoms with Crippen LogP contribution in [0.4, 0.5) is 11.5 Å². The highest BCUT2D eigenvalue weighted by molar-refractivity contribution is 7.71. The van der Waals surface area contributed by atoms with E-state index in [4.69, 9.17) is 12.2 Å². The van der Waals surface area contributed by atoms with E-state index in [0.717, 1.165) is 42.8 Å². The molecule has 3 aromatic rings. The van der Waals surface area contributed by atoms with Crippen molar-refractivity contribution in [2.45, 2.75) is 13.3 Å². The van der Waals surface area contributed by atoms with Gasteiger partial charge in [0.25, 0.3) is 0 Å². The molecule has 5 heteroatoms. The zero-order chi connectivity index (χ0) is 16.8. The van der Waals surface area contributed by atoms with Crippen LogP contribution in [0.15, 0.2) is 54.6 Å². The Labute approximate surface area is 147 Å². The number of aromatic amines is 1. The zero-order valence-electron chi connectivity index (χ0n) is 13.8. The predicted octanol–water partition coefficient (Wildman–Crippen LogP) is 4.62. The monoisotopic (exact) mass is 338 g/mol. The molecule has 24 heavy (non-hydrogen) atoms. The van der Waals surface area contributed by atoms with E-state index in [9.17, 15) is 0 Å². The largest absolute Gasteiger partial charge is 0.372 e. The molecular weight excluding hydrogens is 316 g/mol. The lowest BCUT2D eigenvalue weighted by molar-refractivity contribution is 0.768. The number of H-pyrrole nitrogens is 1. The van der Waals surface area contributed by atoms with Gasteiger partial charge in [-0.15, -0.1) is 0 Å². The number of benzene rings is 2. The molecule has 0 amide bonds. The van der Waals surface area contributed by atoms with Crippen LogP contribution in [-0.4, -0.2) is 29.6 Å². The van der Waals surface area contributed by atoms with Crippen molar-refractivity contribution in [2.24, 2.45) is 0 Å². The van der Waals surface area contributed by atoms with Gasteiger partial charge < -0.3 is 15.2 Å². The van der Waals surface area contributed by atoms with Crippen LogP contribution in [0.2, 0.25) is 0 Å². The first-order valence-electron chi connectivity index (χ1n) is 8.31. The van der Waals surface area contributed by atoms with E-state index in [1.54, 1.807) is 0 Å². The lowest BCUT2D eigenvalue weighted by Crippen LogP contribution is -2.25. The standard InChI is InChI=1S/C19H22N4S/c1-2-23(15-9-4-3-5-10-15)14-8-13-20-18-16-11-6-7-12-17(16)21-19(24)22-18/h3-7,9-12H,2,8,13-14H2,1H3,(H2,20,21,22,24). The van der Waals surface area contributed by atoms with Gasteiger partial charge in [0.1, 0.15) is 5.82 Å². The molecule has 4 nitrogen and oxygen atoms in total. The van der Waals surface area contributed by atoms with Gasteiger partial charge in [0.15, 0.2) is 4.77 Å². The van der Waals surface area contributed by atoms with Gasteiger partial charge in [0, 0.05) is 30.7 Å². The highest BCUT2D eigenvalue weighted by Crippen LogP contribution is 2.19. The highest BCUT2D eigenvalue weighted by Gasteiger charge is 2.05. The fourth-order valence-corrected chi connectivity index (χ4v) is 3.02. The van der Waals surface area contributed by atoms with Crippen molar-refractivity contribution in [1.82, 2.24) is 9.97 Å². The molecule has 0 bridgehead atoms. The summed E-state index contributed by atoms with van der Waals surface area (Å²) < 4.78 is 0.510. The van der Waals surface area contributed by atoms with E-state index in [1.165, 1.54) is 5.69 Å². The summed E-state index contributed by atoms with van der Waals surface area (Å²) >= 11 is 5.22. The van der Waals surface area contributed by atoms with Crippen molar-refractivity contribution < 1.29 is 0 Å². The minimum Gasteiger partial charge on any atom is -0.372 e. The number of hydrogen-bond acceptors (Lipinski definition) is 4. The zero-order valence-corrected chi connectivity index (χ0v) is 14.6. The normalized spacial score (nSPS) is 10.7. The lowest BCUT2D eigenvalue weighted by Gasteiger charge is -2.23. The van der Waals surface area contributed by atoms with Crippen LogP contribution in [0.5, 0.6) is 0 Å². The third-order valence-electron chi connectivity index (χ3n) is 4.04. The van der Waals surface area contributed by atoms with E-state index in [-0.39, 0.29) is 0 Å². The number of para-hydroxylation sites is 2. The Morgan fingerprint density at radius 1 is 1.08 bits per heavy atom. The van der Waals surface area contributed by atoms with Crippen LogP contribution in [0.25, 0.3) is 10.9 Å². The fourth-order valence-electron chi connectivity index (χ4n) is 2.82. The first-order valence-corrected chi connectivity index (χ1v) is 8.71. The fraction of sp³-hybridized carbons (Fsp3) is 0.263. The topological polar surface area (TPSA) is 44.0 Å². The predicted molar refractivity (Wildman–Crippen MR) is 104 cm³/mol. The second kappa shape index (κ2) is 7.93. The van der Waals surface area contributed by atoms with Gasteiger partial charge in [-0.2, -0.15) is 0 Å². The lowest BCUT2D eigenvalue weighted by atomic mass is 10.2. The molecule has 0 atom stereocenters. The molecule has 1 aromatic heterocycles. The maximum atomic E-state index is 5.22. The van der Waals surface area contributed by atoms with Crippen molar-refractivity contribution >= 4 is 34.6 Å². The van der Waals surface area contributed by atoms with Crippen LogP contribution in [0.3, 0.4) is 0 Å². The summed E-state index contributed by atoms with van der Waals surface area (Å²) in [7, 11) is 0. The van der Waals surface area contributed by atoms with Crippen molar-refractivity contribution in [3.8, 4) is 0 Å². The number of fused-ring (bicyclic) bond motifs is 1. The Bertz CT molecular complexity index is 845. The second-order valence-electron chi connectivity index (χ2n) is 5.63. The molecule has 3 rings (SSSR count). The maximum Gasteiger partial charge on any atom is 0.199 e. The Hall–Kier alpha value is -2.40. The Kier molecular flexibility index (Phi) is 5.43. The van der Waals surface area contributed by atoms with Gasteiger partial charge in [-0.25, -0.2) is 4.98 Å². The number of hydrogen-bond donors (Lipinski definition) is 2. The van der Waals surface area contributed by atoms with Crippen molar-refractivity contribution in [1.29, 1.82) is 0 Å². The van der Waals surface area contributed by atoms with E-state index in [2.05, 4.69) is 63.5 Å². The number of rotatable bonds is 7. The maximum absolute atomic E-state index is 5.22. The first kappa shape index (κ1) is 16.5. The molecule has 0 radical (unpaired) electrons. The third-order valence-corrected chi connectivity index (χ3v) is 4.23. The van der Waals surface area contributed by atoms with Gasteiger partial charge in [-0.05, 0) is 49.8 Å². The van der Waals surface area contributed by atoms with Gasteiger partial charge >= 0.3 is 0 Å². The number of nitrogens with one attached hydrogen (secondary N) is 2. The summed E-state index contributed by atoms with van der Waals surface area (Å²) in [6.07, 6.45) is 1.03. The number of aromatic nitrogens is 2. The molecule has 0 saturated carbocycles. The molecule has 124 valence electrons. The summed E-state index contributed by atoms with van der Waals surface area (Å²) in [4.78, 5) is 9.94. The third kappa shape index (κ3) is 3.92. The average Bonchev–Trinajstić information content (AvgIpc) is 2.62. The minimum atomic E-state index is 0.510. The van der Waals surface area contributed by atoms with Gasteiger partial charge in [-0.1, -0.05) is 30.3 Å². The van der Waals surface area contributed by atoms with E-state index < -0.39 is 0 Å². The van der Waals surface area contributed by atoms with Crippen LogP contribution in [0.1, 0.15) is 13.3 Å². The average molecular weight is 338 g/mol. The summed E-state index contributed by atoms with van der Waals surface area (Å²) in [5.41, 5.74) is 2.28. The van der Waals surface area contributed by atoms with E-state index >= 15 is 0 Å². The minimum absolute atomic E-state index is 0.510. The van der Waals surface area contributed by atoms with Crippen LogP contribution < -0.4 is 10.2 Å². The van der Waals surface area contributed by atoms with Crippen molar-refractivity contribution in [3.63, 3.8) is 0 Å². The molecule has 2 aromatic carbocycles. The quantitative estimate of drug-likeness (QED) is 0.487. The van der Waals surface area contributed by atoms with Crippen LogP contribution in [-0.2, 0) is 0 Å². The Balaban J connectivity index is 1.62. The Morgan fingerprint density at radius 2 is 1.83 bits per heavy atom. The SMILES string of the molecule is CCN(CCCNc1nc(=S)[nH]c2ccccc12)c1ccccc1. The summed E-state index contributed by atoms with van der Waals surface area (Å²) in [6, 6.07) is 18.6. The molecule has 0 aliphatic rings. The number of nitrogens with zero attached hydrogens (tertiary/aromatic N) is 2. The molecule has 0 spiro atoms. The van der Waals surface area contributed by atoms with Crippen LogP contribution in [0, 0.1) is 4.77 Å². The summed E-state index contributed by atoms with van der Waals surface area (Å²) in [6.45, 7) is 5.05. The molecule has 0 aliphatic heterocycles. The molecule has 2 N–H and O–H groups in total. The van der Waals surface area contributed by atoms with Gasteiger partial charge in [-0.3, -0.25) is 0 Å². The van der Waals surface area contributed by atoms with E-state index in [1.807, 2.05) is 18.2 Å². The second-order valence-corrected chi connectivity index (χ2v) is 6.02. The Morgan fingerprint density at radius 3 is 2.62 bits per heavy atom. The van der Waals surface area contributed by atoms with Crippen molar-refractivity contribution in [2.75, 3.05) is 29.9 Å². The number of anilines is 2. The summed E-state index contributed by atoms with van der Waals surface area (Å²) in [5.74, 6) is 0.858. The van der Waals surface area contributed by atoms with Gasteiger partial charge in [0.2, 0.25) is 0 Å². The van der Waals surface area contributed by atoms with Crippen molar-refractivity contribution in [3.05, 3.63) is 59.4 Å². The van der Waals surface area contributed by atoms with Gasteiger partial charge in [0.05, 0.1) is 5.52 Å². The molecule has 0 saturated heterocycles. The highest BCUT2D eigenvalue weighted by atomic mass is 32.1. The first-order chi connectivity index (χ1) is 11.8. The molecule has 0 unspecified atom stereocenters. The molecule has 0 aliphatic carbocycles. The van der Waals surface area contributed by atoms with E-state index in [0.29, 0.717) is 4.77 Å². The molecular formula is C19H22N4S. The smallest absolute Gasteiger partial charge is 0.199 e. The molecule has 0 fully saturated rings.